The molecule has 4 nitrogen and oxygen atoms in total. The minimum absolute atomic E-state index is 0.109. The number of nitrogens with zero attached hydrogens (tertiary/aromatic N) is 2. The van der Waals surface area contributed by atoms with E-state index in [1.165, 1.54) is 0 Å². The molecule has 1 fully saturated rings. The summed E-state index contributed by atoms with van der Waals surface area (Å²) >= 11 is 0. The summed E-state index contributed by atoms with van der Waals surface area (Å²) in [6, 6.07) is 0.198. The Morgan fingerprint density at radius 1 is 1.62 bits per heavy atom. The van der Waals surface area contributed by atoms with Crippen LogP contribution < -0.4 is 5.73 Å². The van der Waals surface area contributed by atoms with E-state index < -0.39 is 0 Å². The van der Waals surface area contributed by atoms with Gasteiger partial charge in [-0.3, -0.25) is 9.48 Å². The highest BCUT2D eigenvalue weighted by molar-refractivity contribution is 5.97. The first-order valence-corrected chi connectivity index (χ1v) is 6.03. The van der Waals surface area contributed by atoms with Crippen molar-refractivity contribution in [3.05, 3.63) is 18.0 Å². The van der Waals surface area contributed by atoms with Gasteiger partial charge in [-0.2, -0.15) is 5.10 Å². The van der Waals surface area contributed by atoms with Crippen LogP contribution in [0.2, 0.25) is 0 Å². The first-order valence-electron chi connectivity index (χ1n) is 6.03. The number of rotatable bonds is 3. The lowest BCUT2D eigenvalue weighted by atomic mass is 9.82. The maximum atomic E-state index is 12.2. The largest absolute Gasteiger partial charge is 0.328 e. The Bertz CT molecular complexity index is 372. The molecule has 4 heteroatoms. The van der Waals surface area contributed by atoms with Crippen LogP contribution in [-0.2, 0) is 6.54 Å². The maximum Gasteiger partial charge on any atom is 0.169 e. The van der Waals surface area contributed by atoms with Crippen LogP contribution in [-0.4, -0.2) is 21.6 Å². The number of hydrogen-bond acceptors (Lipinski definition) is 3. The molecule has 1 saturated carbocycles. The number of ketones is 1. The van der Waals surface area contributed by atoms with E-state index in [9.17, 15) is 4.79 Å². The molecular formula is C12H19N3O. The molecule has 2 N–H and O–H groups in total. The molecule has 0 saturated heterocycles. The van der Waals surface area contributed by atoms with Crippen LogP contribution in [0.4, 0.5) is 0 Å². The van der Waals surface area contributed by atoms with Gasteiger partial charge in [-0.1, -0.05) is 6.42 Å². The van der Waals surface area contributed by atoms with E-state index in [1.54, 1.807) is 10.9 Å². The van der Waals surface area contributed by atoms with Gasteiger partial charge in [0.05, 0.1) is 11.8 Å². The molecule has 88 valence electrons. The highest BCUT2D eigenvalue weighted by Crippen LogP contribution is 2.26. The zero-order valence-corrected chi connectivity index (χ0v) is 9.72. The second kappa shape index (κ2) is 4.78. The van der Waals surface area contributed by atoms with Crippen LogP contribution in [0.1, 0.15) is 43.0 Å². The Morgan fingerprint density at radius 2 is 2.44 bits per heavy atom. The summed E-state index contributed by atoms with van der Waals surface area (Å²) in [6.07, 6.45) is 7.44. The van der Waals surface area contributed by atoms with Gasteiger partial charge in [0.15, 0.2) is 5.78 Å². The first kappa shape index (κ1) is 11.3. The van der Waals surface area contributed by atoms with Gasteiger partial charge >= 0.3 is 0 Å². The van der Waals surface area contributed by atoms with Crippen molar-refractivity contribution in [1.82, 2.24) is 9.78 Å². The zero-order chi connectivity index (χ0) is 11.5. The van der Waals surface area contributed by atoms with Crippen molar-refractivity contribution in [3.63, 3.8) is 0 Å². The number of carbonyl (C=O) groups is 1. The summed E-state index contributed by atoms with van der Waals surface area (Å²) in [5, 5.41) is 4.13. The third-order valence-corrected chi connectivity index (χ3v) is 3.33. The maximum absolute atomic E-state index is 12.2. The molecule has 1 aromatic heterocycles. The highest BCUT2D eigenvalue weighted by Gasteiger charge is 2.26. The lowest BCUT2D eigenvalue weighted by Crippen LogP contribution is -2.31. The van der Waals surface area contributed by atoms with Crippen LogP contribution in [0, 0.1) is 5.92 Å². The fraction of sp³-hybridized carbons (Fsp3) is 0.667. The summed E-state index contributed by atoms with van der Waals surface area (Å²) in [4.78, 5) is 12.2. The molecular weight excluding hydrogens is 202 g/mol. The third-order valence-electron chi connectivity index (χ3n) is 3.33. The second-order valence-electron chi connectivity index (χ2n) is 4.57. The SMILES string of the molecule is CCn1cc(C(=O)C2CCCC(N)C2)cn1. The molecule has 2 unspecified atom stereocenters. The van der Waals surface area contributed by atoms with E-state index in [2.05, 4.69) is 5.10 Å². The van der Waals surface area contributed by atoms with Gasteiger partial charge in [-0.25, -0.2) is 0 Å². The third kappa shape index (κ3) is 2.32. The van der Waals surface area contributed by atoms with Crippen molar-refractivity contribution in [2.45, 2.75) is 45.2 Å². The Hall–Kier alpha value is -1.16. The van der Waals surface area contributed by atoms with Gasteiger partial charge in [0.25, 0.3) is 0 Å². The normalized spacial score (nSPS) is 25.6. The molecule has 0 amide bonds. The van der Waals surface area contributed by atoms with E-state index in [0.717, 1.165) is 37.8 Å². The predicted molar refractivity (Wildman–Crippen MR) is 62.2 cm³/mol. The van der Waals surface area contributed by atoms with Gasteiger partial charge in [-0.15, -0.1) is 0 Å². The second-order valence-corrected chi connectivity index (χ2v) is 4.57. The van der Waals surface area contributed by atoms with Crippen molar-refractivity contribution >= 4 is 5.78 Å². The van der Waals surface area contributed by atoms with Gasteiger partial charge in [0.2, 0.25) is 0 Å². The molecule has 1 aliphatic rings. The Labute approximate surface area is 95.8 Å². The molecule has 0 aliphatic heterocycles. The van der Waals surface area contributed by atoms with E-state index in [1.807, 2.05) is 13.1 Å². The minimum atomic E-state index is 0.109. The van der Waals surface area contributed by atoms with Crippen molar-refractivity contribution in [2.75, 3.05) is 0 Å². The number of aryl methyl sites for hydroxylation is 1. The number of hydrogen-bond donors (Lipinski definition) is 1. The molecule has 2 rings (SSSR count). The predicted octanol–water partition coefficient (Wildman–Crippen LogP) is 1.60. The van der Waals surface area contributed by atoms with Crippen molar-refractivity contribution in [3.8, 4) is 0 Å². The van der Waals surface area contributed by atoms with E-state index in [0.29, 0.717) is 0 Å². The molecule has 1 heterocycles. The average Bonchev–Trinajstić information content (AvgIpc) is 2.76. The molecule has 16 heavy (non-hydrogen) atoms. The van der Waals surface area contributed by atoms with Crippen LogP contribution in [0.15, 0.2) is 12.4 Å². The van der Waals surface area contributed by atoms with Gasteiger partial charge < -0.3 is 5.73 Å². The summed E-state index contributed by atoms with van der Waals surface area (Å²) in [5.41, 5.74) is 6.64. The van der Waals surface area contributed by atoms with Gasteiger partial charge in [0.1, 0.15) is 0 Å². The fourth-order valence-corrected chi connectivity index (χ4v) is 2.37. The molecule has 0 spiro atoms. The molecule has 0 bridgehead atoms. The topological polar surface area (TPSA) is 60.9 Å². The van der Waals surface area contributed by atoms with Gasteiger partial charge in [-0.05, 0) is 26.2 Å². The summed E-state index contributed by atoms with van der Waals surface area (Å²) < 4.78 is 1.79. The smallest absolute Gasteiger partial charge is 0.169 e. The van der Waals surface area contributed by atoms with E-state index >= 15 is 0 Å². The standard InChI is InChI=1S/C12H19N3O/c1-2-15-8-10(7-14-15)12(16)9-4-3-5-11(13)6-9/h7-9,11H,2-6,13H2,1H3. The number of Topliss-reactive ketones (excluding diaryl/α,β-unsaturated/α-hetero) is 1. The Balaban J connectivity index is 2.06. The van der Waals surface area contributed by atoms with Crippen LogP contribution in [0.25, 0.3) is 0 Å². The van der Waals surface area contributed by atoms with E-state index in [-0.39, 0.29) is 17.7 Å². The van der Waals surface area contributed by atoms with Crippen LogP contribution in [0.3, 0.4) is 0 Å². The number of nitrogens with two attached hydrogens (primary N) is 1. The van der Waals surface area contributed by atoms with E-state index in [4.69, 9.17) is 5.73 Å². The molecule has 2 atom stereocenters. The summed E-state index contributed by atoms with van der Waals surface area (Å²) in [6.45, 7) is 2.81. The Morgan fingerprint density at radius 3 is 3.06 bits per heavy atom. The van der Waals surface area contributed by atoms with Crippen molar-refractivity contribution in [1.29, 1.82) is 0 Å². The summed E-state index contributed by atoms with van der Waals surface area (Å²) in [5.74, 6) is 0.327. The fourth-order valence-electron chi connectivity index (χ4n) is 2.37. The molecule has 0 aromatic carbocycles. The summed E-state index contributed by atoms with van der Waals surface area (Å²) in [7, 11) is 0. The van der Waals surface area contributed by atoms with Crippen LogP contribution in [0.5, 0.6) is 0 Å². The first-order chi connectivity index (χ1) is 7.70. The minimum Gasteiger partial charge on any atom is -0.328 e. The Kier molecular flexibility index (Phi) is 3.39. The number of carbonyl (C=O) groups excluding carboxylic acids is 1. The van der Waals surface area contributed by atoms with Crippen molar-refractivity contribution < 1.29 is 4.79 Å². The van der Waals surface area contributed by atoms with Crippen molar-refractivity contribution in [2.24, 2.45) is 11.7 Å². The quantitative estimate of drug-likeness (QED) is 0.789. The zero-order valence-electron chi connectivity index (χ0n) is 9.72. The lowest BCUT2D eigenvalue weighted by Gasteiger charge is -2.24. The monoisotopic (exact) mass is 221 g/mol. The number of aromatic nitrogens is 2. The lowest BCUT2D eigenvalue weighted by molar-refractivity contribution is 0.0881. The highest BCUT2D eigenvalue weighted by atomic mass is 16.1. The molecule has 1 aromatic rings. The van der Waals surface area contributed by atoms with Crippen LogP contribution >= 0.6 is 0 Å². The average molecular weight is 221 g/mol. The molecule has 1 aliphatic carbocycles. The van der Waals surface area contributed by atoms with Gasteiger partial charge in [0, 0.05) is 24.7 Å². The molecule has 0 radical (unpaired) electrons.